The van der Waals surface area contributed by atoms with Gasteiger partial charge >= 0.3 is 0 Å². The number of hydrogen-bond acceptors (Lipinski definition) is 5. The molecule has 1 unspecified atom stereocenters. The molecule has 0 amide bonds. The lowest BCUT2D eigenvalue weighted by atomic mass is 10.1. The summed E-state index contributed by atoms with van der Waals surface area (Å²) in [6.45, 7) is 3.00. The molecule has 0 spiro atoms. The smallest absolute Gasteiger partial charge is 0.233 e. The Balaban J connectivity index is 2.15. The Bertz CT molecular complexity index is 493. The van der Waals surface area contributed by atoms with Gasteiger partial charge in [-0.3, -0.25) is 4.68 Å². The third-order valence-corrected chi connectivity index (χ3v) is 2.65. The van der Waals surface area contributed by atoms with Gasteiger partial charge in [0.2, 0.25) is 5.88 Å². The largest absolute Gasteiger partial charge is 0.480 e. The normalized spacial score (nSPS) is 12.4. The molecule has 0 saturated heterocycles. The summed E-state index contributed by atoms with van der Waals surface area (Å²) in [5.41, 5.74) is 7.75. The molecule has 2 N–H and O–H groups in total. The van der Waals surface area contributed by atoms with E-state index in [0.29, 0.717) is 11.6 Å². The number of nitrogens with zero attached hydrogens (tertiary/aromatic N) is 4. The zero-order valence-corrected chi connectivity index (χ0v) is 10.6. The van der Waals surface area contributed by atoms with Crippen molar-refractivity contribution in [3.63, 3.8) is 0 Å². The van der Waals surface area contributed by atoms with Gasteiger partial charge in [-0.2, -0.15) is 5.10 Å². The van der Waals surface area contributed by atoms with Gasteiger partial charge in [0, 0.05) is 24.4 Å². The topological polar surface area (TPSA) is 78.9 Å². The number of aromatic nitrogens is 4. The molecule has 6 heteroatoms. The first-order valence-corrected chi connectivity index (χ1v) is 5.90. The van der Waals surface area contributed by atoms with Crippen molar-refractivity contribution in [2.24, 2.45) is 5.73 Å². The van der Waals surface area contributed by atoms with Crippen molar-refractivity contribution in [3.05, 3.63) is 35.8 Å². The highest BCUT2D eigenvalue weighted by molar-refractivity contribution is 5.23. The zero-order valence-electron chi connectivity index (χ0n) is 10.6. The molecule has 0 aromatic carbocycles. The molecule has 2 rings (SSSR count). The lowest BCUT2D eigenvalue weighted by Gasteiger charge is -2.08. The minimum absolute atomic E-state index is 0.311. The molecule has 2 aromatic rings. The average molecular weight is 247 g/mol. The van der Waals surface area contributed by atoms with Gasteiger partial charge in [0.15, 0.2) is 0 Å². The number of methoxy groups -OCH3 is 1. The van der Waals surface area contributed by atoms with E-state index in [9.17, 15) is 0 Å². The summed E-state index contributed by atoms with van der Waals surface area (Å²) < 4.78 is 6.84. The van der Waals surface area contributed by atoms with Crippen molar-refractivity contribution in [1.82, 2.24) is 20.0 Å². The van der Waals surface area contributed by atoms with Crippen molar-refractivity contribution < 1.29 is 4.74 Å². The molecule has 0 saturated carbocycles. The summed E-state index contributed by atoms with van der Waals surface area (Å²) >= 11 is 0. The fourth-order valence-electron chi connectivity index (χ4n) is 1.67. The van der Waals surface area contributed by atoms with Crippen LogP contribution in [0.15, 0.2) is 24.5 Å². The van der Waals surface area contributed by atoms with E-state index in [1.165, 1.54) is 0 Å². The monoisotopic (exact) mass is 247 g/mol. The highest BCUT2D eigenvalue weighted by Gasteiger charge is 2.13. The second-order valence-corrected chi connectivity index (χ2v) is 4.01. The van der Waals surface area contributed by atoms with Gasteiger partial charge in [0.25, 0.3) is 0 Å². The van der Waals surface area contributed by atoms with Crippen LogP contribution in [0.5, 0.6) is 5.88 Å². The average Bonchev–Trinajstić information content (AvgIpc) is 2.87. The number of ether oxygens (including phenoxy) is 1. The van der Waals surface area contributed by atoms with Crippen molar-refractivity contribution in [3.8, 4) is 5.88 Å². The molecule has 0 fully saturated rings. The highest BCUT2D eigenvalue weighted by Crippen LogP contribution is 2.17. The standard InChI is InChI=1S/C12H17N5O/c1-3-6-17-8-9(7-14-17)12(13)10-4-5-11(18-2)16-15-10/h4-5,7-8,12H,3,6,13H2,1-2H3. The number of rotatable bonds is 5. The predicted octanol–water partition coefficient (Wildman–Crippen LogP) is 1.14. The van der Waals surface area contributed by atoms with E-state index in [0.717, 1.165) is 18.5 Å². The first-order valence-electron chi connectivity index (χ1n) is 5.90. The Labute approximate surface area is 106 Å². The molecule has 0 radical (unpaired) electrons. The Morgan fingerprint density at radius 3 is 2.83 bits per heavy atom. The second-order valence-electron chi connectivity index (χ2n) is 4.01. The van der Waals surface area contributed by atoms with Crippen LogP contribution in [0.2, 0.25) is 0 Å². The van der Waals surface area contributed by atoms with Crippen molar-refractivity contribution in [2.45, 2.75) is 25.9 Å². The Morgan fingerprint density at radius 2 is 2.22 bits per heavy atom. The third kappa shape index (κ3) is 2.65. The summed E-state index contributed by atoms with van der Waals surface area (Å²) in [4.78, 5) is 0. The molecular weight excluding hydrogens is 230 g/mol. The van der Waals surface area contributed by atoms with Gasteiger partial charge < -0.3 is 10.5 Å². The van der Waals surface area contributed by atoms with Crippen LogP contribution < -0.4 is 10.5 Å². The lowest BCUT2D eigenvalue weighted by molar-refractivity contribution is 0.390. The van der Waals surface area contributed by atoms with Gasteiger partial charge in [-0.05, 0) is 12.5 Å². The third-order valence-electron chi connectivity index (χ3n) is 2.65. The first kappa shape index (κ1) is 12.5. The Kier molecular flexibility index (Phi) is 3.88. The van der Waals surface area contributed by atoms with E-state index in [2.05, 4.69) is 22.2 Å². The first-order chi connectivity index (χ1) is 8.74. The van der Waals surface area contributed by atoms with Gasteiger partial charge in [-0.15, -0.1) is 10.2 Å². The summed E-state index contributed by atoms with van der Waals surface area (Å²) in [5, 5.41) is 12.2. The van der Waals surface area contributed by atoms with Gasteiger partial charge in [0.1, 0.15) is 0 Å². The van der Waals surface area contributed by atoms with Crippen LogP contribution >= 0.6 is 0 Å². The van der Waals surface area contributed by atoms with E-state index >= 15 is 0 Å². The molecule has 1 atom stereocenters. The fraction of sp³-hybridized carbons (Fsp3) is 0.417. The minimum Gasteiger partial charge on any atom is -0.480 e. The highest BCUT2D eigenvalue weighted by atomic mass is 16.5. The van der Waals surface area contributed by atoms with Crippen molar-refractivity contribution in [1.29, 1.82) is 0 Å². The minimum atomic E-state index is -0.311. The van der Waals surface area contributed by atoms with Crippen LogP contribution in [0.1, 0.15) is 30.6 Å². The SMILES string of the molecule is CCCn1cc(C(N)c2ccc(OC)nn2)cn1. The van der Waals surface area contributed by atoms with Crippen molar-refractivity contribution in [2.75, 3.05) is 7.11 Å². The predicted molar refractivity (Wildman–Crippen MR) is 67.1 cm³/mol. The maximum atomic E-state index is 6.12. The second kappa shape index (κ2) is 5.59. The molecule has 0 aliphatic rings. The van der Waals surface area contributed by atoms with Crippen LogP contribution in [-0.4, -0.2) is 27.1 Å². The summed E-state index contributed by atoms with van der Waals surface area (Å²) in [6.07, 6.45) is 4.75. The summed E-state index contributed by atoms with van der Waals surface area (Å²) in [6, 6.07) is 3.25. The fourth-order valence-corrected chi connectivity index (χ4v) is 1.67. The quantitative estimate of drug-likeness (QED) is 0.857. The molecule has 0 bridgehead atoms. The van der Waals surface area contributed by atoms with Crippen LogP contribution in [-0.2, 0) is 6.54 Å². The molecule has 6 nitrogen and oxygen atoms in total. The molecule has 2 aromatic heterocycles. The molecule has 96 valence electrons. The van der Waals surface area contributed by atoms with Crippen LogP contribution in [0, 0.1) is 0 Å². The van der Waals surface area contributed by atoms with E-state index in [1.54, 1.807) is 19.4 Å². The molecular formula is C12H17N5O. The van der Waals surface area contributed by atoms with Gasteiger partial charge in [-0.25, -0.2) is 0 Å². The van der Waals surface area contributed by atoms with E-state index in [1.807, 2.05) is 16.9 Å². The van der Waals surface area contributed by atoms with E-state index in [4.69, 9.17) is 10.5 Å². The van der Waals surface area contributed by atoms with E-state index in [-0.39, 0.29) is 6.04 Å². The molecule has 18 heavy (non-hydrogen) atoms. The number of aryl methyl sites for hydroxylation is 1. The maximum absolute atomic E-state index is 6.12. The zero-order chi connectivity index (χ0) is 13.0. The molecule has 0 aliphatic heterocycles. The van der Waals surface area contributed by atoms with Crippen LogP contribution in [0.25, 0.3) is 0 Å². The van der Waals surface area contributed by atoms with Crippen molar-refractivity contribution >= 4 is 0 Å². The van der Waals surface area contributed by atoms with Crippen LogP contribution in [0.3, 0.4) is 0 Å². The van der Waals surface area contributed by atoms with Gasteiger partial charge in [-0.1, -0.05) is 6.92 Å². The summed E-state index contributed by atoms with van der Waals surface area (Å²) in [7, 11) is 1.55. The molecule has 0 aliphatic carbocycles. The number of nitrogens with two attached hydrogens (primary N) is 1. The Hall–Kier alpha value is -1.95. The number of hydrogen-bond donors (Lipinski definition) is 1. The Morgan fingerprint density at radius 1 is 1.39 bits per heavy atom. The molecule has 2 heterocycles. The van der Waals surface area contributed by atoms with Gasteiger partial charge in [0.05, 0.1) is 25.0 Å². The lowest BCUT2D eigenvalue weighted by Crippen LogP contribution is -2.13. The summed E-state index contributed by atoms with van der Waals surface area (Å²) in [5.74, 6) is 0.479. The van der Waals surface area contributed by atoms with E-state index < -0.39 is 0 Å². The maximum Gasteiger partial charge on any atom is 0.233 e. The van der Waals surface area contributed by atoms with Crippen LogP contribution in [0.4, 0.5) is 0 Å².